The van der Waals surface area contributed by atoms with Gasteiger partial charge in [-0.25, -0.2) is 4.98 Å². The molecule has 1 aliphatic rings. The van der Waals surface area contributed by atoms with Crippen LogP contribution in [0, 0.1) is 6.92 Å². The normalized spacial score (nSPS) is 13.4. The van der Waals surface area contributed by atoms with E-state index in [9.17, 15) is 4.79 Å². The van der Waals surface area contributed by atoms with Crippen molar-refractivity contribution in [1.29, 1.82) is 0 Å². The first-order valence-electron chi connectivity index (χ1n) is 9.26. The van der Waals surface area contributed by atoms with E-state index in [4.69, 9.17) is 16.3 Å². The number of hydrogen-bond donors (Lipinski definition) is 1. The molecule has 7 nitrogen and oxygen atoms in total. The third-order valence-corrected chi connectivity index (χ3v) is 4.82. The van der Waals surface area contributed by atoms with Crippen molar-refractivity contribution in [2.24, 2.45) is 0 Å². The number of methoxy groups -OCH3 is 1. The van der Waals surface area contributed by atoms with Crippen molar-refractivity contribution in [3.05, 3.63) is 59.0 Å². The molecule has 1 amide bonds. The molecule has 1 N–H and O–H groups in total. The Bertz CT molecular complexity index is 1090. The van der Waals surface area contributed by atoms with Crippen LogP contribution in [0.2, 0.25) is 5.02 Å². The second-order valence-electron chi connectivity index (χ2n) is 6.81. The Morgan fingerprint density at radius 3 is 2.47 bits per heavy atom. The Morgan fingerprint density at radius 2 is 1.97 bits per heavy atom. The van der Waals surface area contributed by atoms with Crippen LogP contribution in [0.1, 0.15) is 18.2 Å². The molecule has 3 heterocycles. The molecule has 4 rings (SSSR count). The van der Waals surface area contributed by atoms with E-state index in [-0.39, 0.29) is 5.91 Å². The van der Waals surface area contributed by atoms with E-state index >= 15 is 0 Å². The fourth-order valence-corrected chi connectivity index (χ4v) is 3.24. The van der Waals surface area contributed by atoms with Crippen LogP contribution >= 0.6 is 11.6 Å². The van der Waals surface area contributed by atoms with Crippen LogP contribution in [0.4, 0.5) is 11.5 Å². The van der Waals surface area contributed by atoms with Gasteiger partial charge in [0, 0.05) is 48.6 Å². The highest BCUT2D eigenvalue weighted by Crippen LogP contribution is 2.39. The van der Waals surface area contributed by atoms with Gasteiger partial charge in [-0.1, -0.05) is 17.7 Å². The number of nitrogens with zero attached hydrogens (tertiary/aromatic N) is 3. The van der Waals surface area contributed by atoms with Crippen LogP contribution in [-0.4, -0.2) is 37.3 Å². The van der Waals surface area contributed by atoms with Gasteiger partial charge in [0.25, 0.3) is 11.8 Å². The molecule has 156 valence electrons. The molecule has 0 saturated heterocycles. The van der Waals surface area contributed by atoms with Crippen molar-refractivity contribution in [2.75, 3.05) is 31.4 Å². The number of nitrogens with one attached hydrogen (secondary N) is 1. The fourth-order valence-electron chi connectivity index (χ4n) is 2.97. The number of benzene rings is 1. The van der Waals surface area contributed by atoms with E-state index in [1.54, 1.807) is 25.4 Å². The summed E-state index contributed by atoms with van der Waals surface area (Å²) in [6.45, 7) is 3.67. The van der Waals surface area contributed by atoms with Crippen molar-refractivity contribution in [1.82, 2.24) is 10.1 Å². The molecule has 1 aromatic carbocycles. The van der Waals surface area contributed by atoms with Gasteiger partial charge in [0.1, 0.15) is 11.6 Å². The highest BCUT2D eigenvalue weighted by Gasteiger charge is 2.25. The minimum absolute atomic E-state index is 0.0909. The van der Waals surface area contributed by atoms with Crippen LogP contribution < -0.4 is 15.0 Å². The predicted molar refractivity (Wildman–Crippen MR) is 119 cm³/mol. The second kappa shape index (κ2) is 9.00. The van der Waals surface area contributed by atoms with Gasteiger partial charge in [-0.15, -0.1) is 0 Å². The molecule has 0 spiro atoms. The van der Waals surface area contributed by atoms with Gasteiger partial charge in [0.15, 0.2) is 0 Å². The standard InChI is InChI=1S/C17H16ClN3O.C5H7NO2/c1-4-11-13-7-12(14(18)8-15(13)20-17(11)22)10-5-6-16(19-9-10)21(2)3;1-4-3-5(7-2)6-8-4/h4-9H,1-3H3,(H,20,22);3H,1-2H3/b11-4-;. The van der Waals surface area contributed by atoms with E-state index in [1.165, 1.54) is 0 Å². The molecule has 0 aliphatic carbocycles. The number of anilines is 2. The van der Waals surface area contributed by atoms with E-state index < -0.39 is 0 Å². The van der Waals surface area contributed by atoms with Crippen LogP contribution in [0.3, 0.4) is 0 Å². The number of halogens is 1. The first-order chi connectivity index (χ1) is 14.3. The quantitative estimate of drug-likeness (QED) is 0.605. The van der Waals surface area contributed by atoms with E-state index in [2.05, 4.69) is 20.0 Å². The van der Waals surface area contributed by atoms with Gasteiger partial charge in [-0.3, -0.25) is 4.79 Å². The maximum Gasteiger partial charge on any atom is 0.256 e. The number of carbonyl (C=O) groups is 1. The lowest BCUT2D eigenvalue weighted by atomic mass is 10.00. The first-order valence-corrected chi connectivity index (χ1v) is 9.64. The van der Waals surface area contributed by atoms with Gasteiger partial charge in [-0.05, 0) is 43.3 Å². The lowest BCUT2D eigenvalue weighted by Gasteiger charge is -2.12. The summed E-state index contributed by atoms with van der Waals surface area (Å²) in [5, 5.41) is 6.96. The van der Waals surface area contributed by atoms with Crippen molar-refractivity contribution in [3.8, 4) is 17.0 Å². The number of amides is 1. The summed E-state index contributed by atoms with van der Waals surface area (Å²) in [5.74, 6) is 2.09. The molecule has 0 unspecified atom stereocenters. The average Bonchev–Trinajstić information content (AvgIpc) is 3.29. The number of fused-ring (bicyclic) bond motifs is 1. The maximum atomic E-state index is 11.9. The highest BCUT2D eigenvalue weighted by molar-refractivity contribution is 6.36. The molecule has 0 radical (unpaired) electrons. The largest absolute Gasteiger partial charge is 0.479 e. The Morgan fingerprint density at radius 1 is 1.20 bits per heavy atom. The van der Waals surface area contributed by atoms with Gasteiger partial charge in [0.05, 0.1) is 17.8 Å². The van der Waals surface area contributed by atoms with Crippen LogP contribution in [0.15, 0.2) is 47.1 Å². The molecule has 0 bridgehead atoms. The number of aromatic nitrogens is 2. The van der Waals surface area contributed by atoms with E-state index in [1.807, 2.05) is 57.1 Å². The highest BCUT2D eigenvalue weighted by atomic mass is 35.5. The van der Waals surface area contributed by atoms with E-state index in [0.717, 1.165) is 34.0 Å². The summed E-state index contributed by atoms with van der Waals surface area (Å²) in [7, 11) is 5.44. The number of ether oxygens (including phenoxy) is 1. The minimum Gasteiger partial charge on any atom is -0.479 e. The average molecular weight is 427 g/mol. The summed E-state index contributed by atoms with van der Waals surface area (Å²) in [6, 6.07) is 9.38. The van der Waals surface area contributed by atoms with Crippen LogP contribution in [-0.2, 0) is 4.79 Å². The number of rotatable bonds is 3. The van der Waals surface area contributed by atoms with E-state index in [0.29, 0.717) is 16.5 Å². The summed E-state index contributed by atoms with van der Waals surface area (Å²) < 4.78 is 9.41. The molecule has 3 aromatic rings. The van der Waals surface area contributed by atoms with Crippen molar-refractivity contribution in [2.45, 2.75) is 13.8 Å². The number of aryl methyl sites for hydroxylation is 1. The van der Waals surface area contributed by atoms with Gasteiger partial charge in [0.2, 0.25) is 0 Å². The zero-order chi connectivity index (χ0) is 21.8. The monoisotopic (exact) mass is 426 g/mol. The third-order valence-electron chi connectivity index (χ3n) is 4.51. The lowest BCUT2D eigenvalue weighted by molar-refractivity contribution is -0.110. The minimum atomic E-state index is -0.0909. The molecule has 8 heteroatoms. The molecular formula is C22H23ClN4O3. The zero-order valence-electron chi connectivity index (χ0n) is 17.5. The first kappa shape index (κ1) is 21.4. The number of hydrogen-bond acceptors (Lipinski definition) is 6. The van der Waals surface area contributed by atoms with Crippen molar-refractivity contribution >= 4 is 34.6 Å². The lowest BCUT2D eigenvalue weighted by Crippen LogP contribution is -2.09. The number of allylic oxidation sites excluding steroid dienone is 1. The van der Waals surface area contributed by atoms with Crippen LogP contribution in [0.5, 0.6) is 5.88 Å². The summed E-state index contributed by atoms with van der Waals surface area (Å²) >= 11 is 6.37. The Hall–Kier alpha value is -3.32. The number of carbonyl (C=O) groups excluding carboxylic acids is 1. The second-order valence-corrected chi connectivity index (χ2v) is 7.22. The Labute approximate surface area is 180 Å². The summed E-state index contributed by atoms with van der Waals surface area (Å²) in [6.07, 6.45) is 3.61. The molecule has 2 aromatic heterocycles. The Balaban J connectivity index is 0.000000269. The number of pyridine rings is 1. The topological polar surface area (TPSA) is 80.5 Å². The maximum absolute atomic E-state index is 11.9. The fraction of sp³-hybridized carbons (Fsp3) is 0.227. The molecule has 30 heavy (non-hydrogen) atoms. The van der Waals surface area contributed by atoms with Crippen LogP contribution in [0.25, 0.3) is 16.7 Å². The third kappa shape index (κ3) is 4.46. The SMILES string of the molecule is C/C=C1\C(=O)Nc2cc(Cl)c(-c3ccc(N(C)C)nc3)cc21.COc1cc(C)on1. The van der Waals surface area contributed by atoms with Crippen molar-refractivity contribution < 1.29 is 14.1 Å². The molecule has 1 aliphatic heterocycles. The molecular weight excluding hydrogens is 404 g/mol. The smallest absolute Gasteiger partial charge is 0.256 e. The predicted octanol–water partition coefficient (Wildman–Crippen LogP) is 4.82. The molecule has 0 atom stereocenters. The molecule has 0 fully saturated rings. The zero-order valence-corrected chi connectivity index (χ0v) is 18.2. The van der Waals surface area contributed by atoms with Gasteiger partial charge < -0.3 is 19.5 Å². The molecule has 0 saturated carbocycles. The summed E-state index contributed by atoms with van der Waals surface area (Å²) in [4.78, 5) is 18.3. The van der Waals surface area contributed by atoms with Gasteiger partial charge in [-0.2, -0.15) is 0 Å². The summed E-state index contributed by atoms with van der Waals surface area (Å²) in [5.41, 5.74) is 4.10. The Kier molecular flexibility index (Phi) is 6.42. The van der Waals surface area contributed by atoms with Crippen molar-refractivity contribution in [3.63, 3.8) is 0 Å². The van der Waals surface area contributed by atoms with Gasteiger partial charge >= 0.3 is 0 Å².